The van der Waals surface area contributed by atoms with Crippen LogP contribution in [0.5, 0.6) is 5.75 Å². The van der Waals surface area contributed by atoms with Gasteiger partial charge in [0.25, 0.3) is 0 Å². The molecule has 0 aliphatic carbocycles. The summed E-state index contributed by atoms with van der Waals surface area (Å²) in [5, 5.41) is 7.19. The summed E-state index contributed by atoms with van der Waals surface area (Å²) < 4.78 is 44.8. The lowest BCUT2D eigenvalue weighted by Crippen LogP contribution is -2.18. The molecule has 0 bridgehead atoms. The summed E-state index contributed by atoms with van der Waals surface area (Å²) in [5.74, 6) is -0.342. The van der Waals surface area contributed by atoms with Gasteiger partial charge in [0.1, 0.15) is 17.4 Å². The van der Waals surface area contributed by atoms with Crippen molar-refractivity contribution >= 4 is 34.5 Å². The Bertz CT molecular complexity index is 1110. The Labute approximate surface area is 186 Å². The van der Waals surface area contributed by atoms with Crippen LogP contribution in [0.25, 0.3) is 0 Å². The van der Waals surface area contributed by atoms with Crippen molar-refractivity contribution in [3.05, 3.63) is 69.7 Å². The fraction of sp³-hybridized carbons (Fsp3) is 0.227. The van der Waals surface area contributed by atoms with Crippen molar-refractivity contribution in [3.63, 3.8) is 0 Å². The van der Waals surface area contributed by atoms with Gasteiger partial charge in [-0.05, 0) is 37.3 Å². The first kappa shape index (κ1) is 23.3. The first-order valence-electron chi connectivity index (χ1n) is 9.51. The molecule has 0 atom stereocenters. The molecule has 0 unspecified atom stereocenters. The van der Waals surface area contributed by atoms with E-state index in [0.29, 0.717) is 16.5 Å². The normalized spacial score (nSPS) is 11.2. The molecule has 0 saturated heterocycles. The highest BCUT2D eigenvalue weighted by Gasteiger charge is 2.31. The Morgan fingerprint density at radius 2 is 1.78 bits per heavy atom. The molecule has 32 heavy (non-hydrogen) atoms. The van der Waals surface area contributed by atoms with Gasteiger partial charge >= 0.3 is 6.18 Å². The minimum absolute atomic E-state index is 0.0734. The monoisotopic (exact) mass is 463 g/mol. The molecule has 6 nitrogen and oxygen atoms in total. The number of nitrogens with zero attached hydrogens (tertiary/aromatic N) is 1. The number of halogens is 3. The zero-order valence-corrected chi connectivity index (χ0v) is 18.1. The highest BCUT2D eigenvalue weighted by molar-refractivity contribution is 7.09. The topological polar surface area (TPSA) is 80.3 Å². The summed E-state index contributed by atoms with van der Waals surface area (Å²) >= 11 is 1.32. The highest BCUT2D eigenvalue weighted by atomic mass is 32.1. The molecule has 168 valence electrons. The quantitative estimate of drug-likeness (QED) is 0.506. The third-order valence-corrected chi connectivity index (χ3v) is 5.13. The molecule has 2 aromatic carbocycles. The van der Waals surface area contributed by atoms with Gasteiger partial charge in [-0.1, -0.05) is 17.7 Å². The third-order valence-electron chi connectivity index (χ3n) is 4.26. The molecule has 1 aromatic heterocycles. The Kier molecular flexibility index (Phi) is 7.14. The number of ether oxygens (including phenoxy) is 1. The molecule has 0 radical (unpaired) electrons. The summed E-state index contributed by atoms with van der Waals surface area (Å²) in [6.07, 6.45) is -4.73. The summed E-state index contributed by atoms with van der Waals surface area (Å²) in [4.78, 5) is 28.1. The van der Waals surface area contributed by atoms with E-state index in [9.17, 15) is 22.8 Å². The van der Waals surface area contributed by atoms with Gasteiger partial charge in [0.15, 0.2) is 0 Å². The Morgan fingerprint density at radius 1 is 1.06 bits per heavy atom. The van der Waals surface area contributed by atoms with E-state index < -0.39 is 23.6 Å². The number of anilines is 2. The summed E-state index contributed by atoms with van der Waals surface area (Å²) in [6.45, 7) is 3.43. The molecule has 0 fully saturated rings. The van der Waals surface area contributed by atoms with E-state index >= 15 is 0 Å². The number of hydrogen-bond donors (Lipinski definition) is 2. The molecule has 0 aliphatic heterocycles. The molecule has 0 spiro atoms. The van der Waals surface area contributed by atoms with Gasteiger partial charge in [0.2, 0.25) is 11.8 Å². The predicted molar refractivity (Wildman–Crippen MR) is 116 cm³/mol. The van der Waals surface area contributed by atoms with Crippen molar-refractivity contribution in [2.75, 3.05) is 10.6 Å². The number of aromatic nitrogens is 1. The number of thiazole rings is 1. The second-order valence-electron chi connectivity index (χ2n) is 7.00. The Balaban J connectivity index is 1.65. The molecular formula is C22H20F3N3O3S. The van der Waals surface area contributed by atoms with Gasteiger partial charge in [-0.15, -0.1) is 11.3 Å². The lowest BCUT2D eigenvalue weighted by Gasteiger charge is -2.14. The standard InChI is InChI=1S/C22H20F3N3O3S/c1-13-3-6-17(7-4-13)31-11-21-27-16(12-32-21)10-20(30)28-19-9-15(22(23,24)25)5-8-18(19)26-14(2)29/h3-9,12H,10-11H2,1-2H3,(H,26,29)(H,28,30). The van der Waals surface area contributed by atoms with Gasteiger partial charge in [0.05, 0.1) is 29.1 Å². The van der Waals surface area contributed by atoms with E-state index in [4.69, 9.17) is 4.74 Å². The fourth-order valence-electron chi connectivity index (χ4n) is 2.76. The van der Waals surface area contributed by atoms with Crippen molar-refractivity contribution in [1.29, 1.82) is 0 Å². The molecule has 2 amide bonds. The van der Waals surface area contributed by atoms with Gasteiger partial charge in [0, 0.05) is 12.3 Å². The van der Waals surface area contributed by atoms with Crippen LogP contribution in [0.3, 0.4) is 0 Å². The van der Waals surface area contributed by atoms with Gasteiger partial charge in [-0.3, -0.25) is 9.59 Å². The van der Waals surface area contributed by atoms with Crippen LogP contribution in [0.4, 0.5) is 24.5 Å². The molecule has 2 N–H and O–H groups in total. The summed E-state index contributed by atoms with van der Waals surface area (Å²) in [5.41, 5.74) is 0.569. The lowest BCUT2D eigenvalue weighted by atomic mass is 10.1. The van der Waals surface area contributed by atoms with Crippen molar-refractivity contribution in [3.8, 4) is 5.75 Å². The third kappa shape index (κ3) is 6.55. The number of hydrogen-bond acceptors (Lipinski definition) is 5. The maximum absolute atomic E-state index is 13.0. The minimum atomic E-state index is -4.59. The number of rotatable bonds is 7. The van der Waals surface area contributed by atoms with Crippen LogP contribution in [0, 0.1) is 6.92 Å². The van der Waals surface area contributed by atoms with Crippen molar-refractivity contribution in [1.82, 2.24) is 4.98 Å². The number of carbonyl (C=O) groups excluding carboxylic acids is 2. The molecule has 3 rings (SSSR count). The van der Waals surface area contributed by atoms with Gasteiger partial charge in [-0.25, -0.2) is 4.98 Å². The van der Waals surface area contributed by atoms with E-state index in [-0.39, 0.29) is 24.4 Å². The Morgan fingerprint density at radius 3 is 2.44 bits per heavy atom. The first-order valence-corrected chi connectivity index (χ1v) is 10.4. The van der Waals surface area contributed by atoms with Crippen molar-refractivity contribution in [2.24, 2.45) is 0 Å². The van der Waals surface area contributed by atoms with Gasteiger partial charge < -0.3 is 15.4 Å². The Hall–Kier alpha value is -3.40. The van der Waals surface area contributed by atoms with Gasteiger partial charge in [-0.2, -0.15) is 13.2 Å². The smallest absolute Gasteiger partial charge is 0.416 e. The fourth-order valence-corrected chi connectivity index (χ4v) is 3.46. The lowest BCUT2D eigenvalue weighted by molar-refractivity contribution is -0.137. The van der Waals surface area contributed by atoms with Crippen LogP contribution in [-0.2, 0) is 28.8 Å². The van der Waals surface area contributed by atoms with Crippen LogP contribution in [0.2, 0.25) is 0 Å². The summed E-state index contributed by atoms with van der Waals surface area (Å²) in [6, 6.07) is 10.3. The van der Waals surface area contributed by atoms with Crippen LogP contribution in [0.1, 0.15) is 28.8 Å². The SMILES string of the molecule is CC(=O)Nc1ccc(C(F)(F)F)cc1NC(=O)Cc1csc(COc2ccc(C)cc2)n1. The molecule has 0 aliphatic rings. The largest absolute Gasteiger partial charge is 0.486 e. The van der Waals surface area contributed by atoms with Crippen LogP contribution >= 0.6 is 11.3 Å². The summed E-state index contributed by atoms with van der Waals surface area (Å²) in [7, 11) is 0. The number of alkyl halides is 3. The average Bonchev–Trinajstić information content (AvgIpc) is 3.15. The molecule has 0 saturated carbocycles. The average molecular weight is 463 g/mol. The molecular weight excluding hydrogens is 443 g/mol. The number of nitrogens with one attached hydrogen (secondary N) is 2. The second-order valence-corrected chi connectivity index (χ2v) is 7.94. The van der Waals surface area contributed by atoms with E-state index in [0.717, 1.165) is 23.8 Å². The second kappa shape index (κ2) is 9.82. The van der Waals surface area contributed by atoms with Crippen LogP contribution < -0.4 is 15.4 Å². The van der Waals surface area contributed by atoms with E-state index in [2.05, 4.69) is 15.6 Å². The van der Waals surface area contributed by atoms with E-state index in [1.165, 1.54) is 18.3 Å². The first-order chi connectivity index (χ1) is 15.1. The molecule has 1 heterocycles. The number of carbonyl (C=O) groups is 2. The highest BCUT2D eigenvalue weighted by Crippen LogP contribution is 2.34. The zero-order chi connectivity index (χ0) is 23.3. The molecule has 3 aromatic rings. The predicted octanol–water partition coefficient (Wildman–Crippen LogP) is 5.19. The number of amides is 2. The van der Waals surface area contributed by atoms with Crippen LogP contribution in [0.15, 0.2) is 47.8 Å². The van der Waals surface area contributed by atoms with Crippen molar-refractivity contribution in [2.45, 2.75) is 33.1 Å². The maximum atomic E-state index is 13.0. The van der Waals surface area contributed by atoms with E-state index in [1.807, 2.05) is 31.2 Å². The zero-order valence-electron chi connectivity index (χ0n) is 17.2. The molecule has 10 heteroatoms. The number of aryl methyl sites for hydroxylation is 1. The number of benzene rings is 2. The van der Waals surface area contributed by atoms with Crippen LogP contribution in [-0.4, -0.2) is 16.8 Å². The van der Waals surface area contributed by atoms with Crippen molar-refractivity contribution < 1.29 is 27.5 Å². The van der Waals surface area contributed by atoms with E-state index in [1.54, 1.807) is 5.38 Å². The minimum Gasteiger partial charge on any atom is -0.486 e. The maximum Gasteiger partial charge on any atom is 0.416 e.